The summed E-state index contributed by atoms with van der Waals surface area (Å²) in [5.74, 6) is 0.382. The smallest absolute Gasteiger partial charge is 0.341 e. The summed E-state index contributed by atoms with van der Waals surface area (Å²) in [7, 11) is 0. The molecule has 2 atom stereocenters. The van der Waals surface area contributed by atoms with E-state index in [9.17, 15) is 4.79 Å². The second-order valence-corrected chi connectivity index (χ2v) is 7.99. The number of carboxylic acid groups (broad SMARTS) is 1. The highest BCUT2D eigenvalue weighted by Gasteiger charge is 2.35. The Morgan fingerprint density at radius 1 is 1.25 bits per heavy atom. The van der Waals surface area contributed by atoms with Crippen molar-refractivity contribution in [3.05, 3.63) is 47.5 Å². The molecule has 0 amide bonds. The van der Waals surface area contributed by atoms with Crippen LogP contribution in [0.2, 0.25) is 0 Å². The molecular formula is C21H28N4O3. The van der Waals surface area contributed by atoms with Crippen LogP contribution in [0.15, 0.2) is 30.6 Å². The number of aromatic amines is 1. The molecule has 3 aliphatic rings. The van der Waals surface area contributed by atoms with E-state index in [1.807, 2.05) is 24.3 Å². The number of benzene rings is 1. The van der Waals surface area contributed by atoms with Gasteiger partial charge in [-0.05, 0) is 31.7 Å². The number of hydrogen-bond donors (Lipinski definition) is 2. The minimum Gasteiger partial charge on any atom is -0.482 e. The average Bonchev–Trinajstić information content (AvgIpc) is 2.88. The van der Waals surface area contributed by atoms with Crippen LogP contribution in [0.25, 0.3) is 0 Å². The topological polar surface area (TPSA) is 81.7 Å². The molecule has 1 aromatic heterocycles. The average molecular weight is 384 g/mol. The molecule has 0 spiro atoms. The normalized spacial score (nSPS) is 22.9. The lowest BCUT2D eigenvalue weighted by molar-refractivity contribution is -0.139. The Bertz CT molecular complexity index is 821. The summed E-state index contributed by atoms with van der Waals surface area (Å²) in [4.78, 5) is 23.6. The number of ether oxygens (including phenoxy) is 1. The summed E-state index contributed by atoms with van der Waals surface area (Å²) in [5, 5.41) is 8.92. The zero-order valence-electron chi connectivity index (χ0n) is 16.3. The van der Waals surface area contributed by atoms with Crippen molar-refractivity contribution < 1.29 is 14.6 Å². The summed E-state index contributed by atoms with van der Waals surface area (Å²) in [6.45, 7) is 6.70. The van der Waals surface area contributed by atoms with Gasteiger partial charge in [0.05, 0.1) is 12.0 Å². The monoisotopic (exact) mass is 384 g/mol. The molecule has 28 heavy (non-hydrogen) atoms. The fourth-order valence-corrected chi connectivity index (χ4v) is 4.49. The molecule has 7 heteroatoms. The number of nitrogens with one attached hydrogen (secondary N) is 1. The quantitative estimate of drug-likeness (QED) is 0.762. The number of carbonyl (C=O) groups is 1. The summed E-state index contributed by atoms with van der Waals surface area (Å²) in [6, 6.07) is 8.29. The molecule has 5 rings (SSSR count). The SMILES string of the molecule is Cc1[nH]cnc1CN1CC2CCC(C1)N(Cc1ccccc1OCC(=O)O)C2. The maximum atomic E-state index is 10.9. The van der Waals surface area contributed by atoms with Gasteiger partial charge in [0.25, 0.3) is 0 Å². The molecule has 0 aliphatic carbocycles. The highest BCUT2D eigenvalue weighted by molar-refractivity contribution is 5.68. The van der Waals surface area contributed by atoms with Crippen LogP contribution in [0.5, 0.6) is 5.75 Å². The van der Waals surface area contributed by atoms with E-state index in [1.54, 1.807) is 6.33 Å². The number of aromatic nitrogens is 2. The molecule has 3 fully saturated rings. The van der Waals surface area contributed by atoms with Gasteiger partial charge >= 0.3 is 5.97 Å². The van der Waals surface area contributed by atoms with Gasteiger partial charge in [-0.3, -0.25) is 9.80 Å². The third-order valence-corrected chi connectivity index (χ3v) is 5.91. The Kier molecular flexibility index (Phi) is 5.64. The van der Waals surface area contributed by atoms with Crippen molar-refractivity contribution in [1.29, 1.82) is 0 Å². The lowest BCUT2D eigenvalue weighted by Crippen LogP contribution is -2.43. The highest BCUT2D eigenvalue weighted by Crippen LogP contribution is 2.31. The van der Waals surface area contributed by atoms with Crippen molar-refractivity contribution in [1.82, 2.24) is 19.8 Å². The van der Waals surface area contributed by atoms with Crippen molar-refractivity contribution in [2.24, 2.45) is 5.92 Å². The van der Waals surface area contributed by atoms with Gasteiger partial charge in [-0.1, -0.05) is 18.2 Å². The number of fused-ring (bicyclic) bond motifs is 4. The summed E-state index contributed by atoms with van der Waals surface area (Å²) in [5.41, 5.74) is 3.35. The maximum Gasteiger partial charge on any atom is 0.341 e. The number of imidazole rings is 1. The molecule has 3 saturated heterocycles. The Morgan fingerprint density at radius 2 is 2.11 bits per heavy atom. The van der Waals surface area contributed by atoms with Gasteiger partial charge in [0.15, 0.2) is 6.61 Å². The first-order valence-electron chi connectivity index (χ1n) is 9.96. The zero-order chi connectivity index (χ0) is 19.5. The number of rotatable bonds is 7. The molecule has 4 heterocycles. The highest BCUT2D eigenvalue weighted by atomic mass is 16.5. The summed E-state index contributed by atoms with van der Waals surface area (Å²) < 4.78 is 5.51. The number of aliphatic carboxylic acids is 1. The molecule has 0 radical (unpaired) electrons. The predicted octanol–water partition coefficient (Wildman–Crippen LogP) is 2.28. The van der Waals surface area contributed by atoms with Gasteiger partial charge in [-0.2, -0.15) is 0 Å². The van der Waals surface area contributed by atoms with Gasteiger partial charge in [0.1, 0.15) is 5.75 Å². The number of para-hydroxylation sites is 1. The minimum atomic E-state index is -0.951. The van der Waals surface area contributed by atoms with Gasteiger partial charge in [0, 0.05) is 50.0 Å². The van der Waals surface area contributed by atoms with E-state index in [0.29, 0.717) is 17.7 Å². The number of piperidine rings is 1. The molecule has 2 aromatic rings. The van der Waals surface area contributed by atoms with E-state index >= 15 is 0 Å². The molecule has 0 saturated carbocycles. The Labute approximate surface area is 165 Å². The van der Waals surface area contributed by atoms with Crippen LogP contribution in [0.4, 0.5) is 0 Å². The van der Waals surface area contributed by atoms with Gasteiger partial charge < -0.3 is 14.8 Å². The molecule has 150 valence electrons. The Hall–Kier alpha value is -2.38. The first-order valence-corrected chi connectivity index (χ1v) is 9.96. The van der Waals surface area contributed by atoms with E-state index in [-0.39, 0.29) is 6.61 Å². The standard InChI is InChI=1S/C21H28N4O3/c1-15-19(23-14-22-15)12-24-8-16-6-7-18(11-24)25(9-16)10-17-4-2-3-5-20(17)28-13-21(26)27/h2-5,14,16,18H,6-13H2,1H3,(H,22,23)(H,26,27). The maximum absolute atomic E-state index is 10.9. The second-order valence-electron chi connectivity index (χ2n) is 7.99. The summed E-state index contributed by atoms with van der Waals surface area (Å²) in [6.07, 6.45) is 4.25. The fourth-order valence-electron chi connectivity index (χ4n) is 4.49. The largest absolute Gasteiger partial charge is 0.482 e. The van der Waals surface area contributed by atoms with Crippen LogP contribution in [-0.4, -0.2) is 63.1 Å². The Balaban J connectivity index is 1.44. The van der Waals surface area contributed by atoms with E-state index in [2.05, 4.69) is 26.7 Å². The van der Waals surface area contributed by atoms with Crippen molar-refractivity contribution in [3.8, 4) is 5.75 Å². The number of H-pyrrole nitrogens is 1. The fraction of sp³-hybridized carbons (Fsp3) is 0.524. The van der Waals surface area contributed by atoms with E-state index in [4.69, 9.17) is 9.84 Å². The van der Waals surface area contributed by atoms with Gasteiger partial charge in [-0.15, -0.1) is 0 Å². The van der Waals surface area contributed by atoms with Crippen LogP contribution < -0.4 is 4.74 Å². The molecule has 1 aromatic carbocycles. The van der Waals surface area contributed by atoms with Crippen molar-refractivity contribution in [2.75, 3.05) is 26.2 Å². The third-order valence-electron chi connectivity index (χ3n) is 5.91. The zero-order valence-corrected chi connectivity index (χ0v) is 16.3. The number of carboxylic acids is 1. The van der Waals surface area contributed by atoms with Crippen LogP contribution in [-0.2, 0) is 17.9 Å². The lowest BCUT2D eigenvalue weighted by Gasteiger charge is -2.36. The van der Waals surface area contributed by atoms with E-state index in [0.717, 1.165) is 49.7 Å². The summed E-state index contributed by atoms with van der Waals surface area (Å²) >= 11 is 0. The number of nitrogens with zero attached hydrogens (tertiary/aromatic N) is 3. The molecule has 7 nitrogen and oxygen atoms in total. The molecule has 3 aliphatic heterocycles. The van der Waals surface area contributed by atoms with Crippen molar-refractivity contribution in [3.63, 3.8) is 0 Å². The van der Waals surface area contributed by atoms with E-state index in [1.165, 1.54) is 12.8 Å². The van der Waals surface area contributed by atoms with Gasteiger partial charge in [-0.25, -0.2) is 9.78 Å². The molecule has 2 N–H and O–H groups in total. The van der Waals surface area contributed by atoms with Crippen LogP contribution in [0.3, 0.4) is 0 Å². The van der Waals surface area contributed by atoms with Crippen LogP contribution in [0, 0.1) is 12.8 Å². The predicted molar refractivity (Wildman–Crippen MR) is 105 cm³/mol. The second kappa shape index (κ2) is 8.32. The molecule has 2 unspecified atom stereocenters. The Morgan fingerprint density at radius 3 is 2.89 bits per heavy atom. The third kappa shape index (κ3) is 4.36. The van der Waals surface area contributed by atoms with E-state index < -0.39 is 5.97 Å². The molecule has 2 bridgehead atoms. The van der Waals surface area contributed by atoms with Crippen molar-refractivity contribution in [2.45, 2.75) is 38.9 Å². The number of aryl methyl sites for hydroxylation is 1. The van der Waals surface area contributed by atoms with Crippen LogP contribution in [0.1, 0.15) is 29.8 Å². The lowest BCUT2D eigenvalue weighted by atomic mass is 9.94. The minimum absolute atomic E-state index is 0.306. The first-order chi connectivity index (χ1) is 13.6. The van der Waals surface area contributed by atoms with Crippen LogP contribution >= 0.6 is 0 Å². The van der Waals surface area contributed by atoms with Crippen molar-refractivity contribution >= 4 is 5.97 Å². The first kappa shape index (κ1) is 19.0. The number of hydrogen-bond acceptors (Lipinski definition) is 5. The molecular weight excluding hydrogens is 356 g/mol. The van der Waals surface area contributed by atoms with Gasteiger partial charge in [0.2, 0.25) is 0 Å².